The van der Waals surface area contributed by atoms with Gasteiger partial charge in [-0.15, -0.1) is 0 Å². The first-order chi connectivity index (χ1) is 6.35. The summed E-state index contributed by atoms with van der Waals surface area (Å²) in [6, 6.07) is 0.468. The van der Waals surface area contributed by atoms with Crippen molar-refractivity contribution in [1.29, 1.82) is 0 Å². The van der Waals surface area contributed by atoms with E-state index >= 15 is 0 Å². The van der Waals surface area contributed by atoms with Crippen molar-refractivity contribution in [3.63, 3.8) is 0 Å². The fourth-order valence-electron chi connectivity index (χ4n) is 2.00. The monoisotopic (exact) mass is 185 g/mol. The molecular weight excluding hydrogens is 166 g/mol. The Morgan fingerprint density at radius 3 is 1.77 bits per heavy atom. The van der Waals surface area contributed by atoms with E-state index in [1.54, 1.807) is 0 Å². The first kappa shape index (κ1) is 9.44. The van der Waals surface area contributed by atoms with Gasteiger partial charge in [-0.2, -0.15) is 0 Å². The Kier molecular flexibility index (Phi) is 2.86. The lowest BCUT2D eigenvalue weighted by Crippen LogP contribution is -2.45. The maximum absolute atomic E-state index is 8.96. The molecule has 2 aliphatic rings. The van der Waals surface area contributed by atoms with Crippen LogP contribution < -0.4 is 5.32 Å². The number of rotatable bonds is 6. The summed E-state index contributed by atoms with van der Waals surface area (Å²) in [5.74, 6) is 1.65. The molecule has 2 saturated carbocycles. The zero-order chi connectivity index (χ0) is 9.26. The minimum atomic E-state index is -0.105. The third-order valence-corrected chi connectivity index (χ3v) is 3.13. The maximum Gasteiger partial charge on any atom is 0.0607 e. The first-order valence-electron chi connectivity index (χ1n) is 5.33. The molecule has 0 spiro atoms. The molecule has 0 atom stereocenters. The number of aliphatic hydroxyl groups is 2. The highest BCUT2D eigenvalue weighted by Gasteiger charge is 2.41. The quantitative estimate of drug-likeness (QED) is 0.551. The molecule has 13 heavy (non-hydrogen) atoms. The van der Waals surface area contributed by atoms with Gasteiger partial charge in [-0.3, -0.25) is 0 Å². The predicted molar refractivity (Wildman–Crippen MR) is 50.3 cm³/mol. The molecule has 0 radical (unpaired) electrons. The molecule has 0 unspecified atom stereocenters. The average Bonchev–Trinajstić information content (AvgIpc) is 3.01. The molecule has 0 aromatic carbocycles. The van der Waals surface area contributed by atoms with Gasteiger partial charge in [-0.25, -0.2) is 0 Å². The minimum Gasteiger partial charge on any atom is -0.395 e. The van der Waals surface area contributed by atoms with Crippen molar-refractivity contribution >= 4 is 0 Å². The summed E-state index contributed by atoms with van der Waals surface area (Å²) in [7, 11) is 0. The summed E-state index contributed by atoms with van der Waals surface area (Å²) >= 11 is 0. The van der Waals surface area contributed by atoms with Gasteiger partial charge in [0.1, 0.15) is 0 Å². The molecule has 3 N–H and O–H groups in total. The van der Waals surface area contributed by atoms with Crippen LogP contribution in [-0.2, 0) is 0 Å². The van der Waals surface area contributed by atoms with Gasteiger partial charge >= 0.3 is 0 Å². The van der Waals surface area contributed by atoms with E-state index in [-0.39, 0.29) is 19.3 Å². The zero-order valence-corrected chi connectivity index (χ0v) is 7.95. The van der Waals surface area contributed by atoms with Crippen molar-refractivity contribution in [2.75, 3.05) is 13.2 Å². The van der Waals surface area contributed by atoms with Gasteiger partial charge in [-0.05, 0) is 37.5 Å². The molecular formula is C10H19NO2. The van der Waals surface area contributed by atoms with Crippen LogP contribution in [0, 0.1) is 11.8 Å². The van der Waals surface area contributed by atoms with Crippen LogP contribution in [0.3, 0.4) is 0 Å². The molecule has 76 valence electrons. The first-order valence-corrected chi connectivity index (χ1v) is 5.33. The molecule has 0 aromatic rings. The van der Waals surface area contributed by atoms with Crippen LogP contribution in [0.2, 0.25) is 0 Å². The van der Waals surface area contributed by atoms with E-state index in [0.29, 0.717) is 6.04 Å². The third-order valence-electron chi connectivity index (χ3n) is 3.13. The predicted octanol–water partition coefficient (Wildman–Crippen LogP) is 0.118. The maximum atomic E-state index is 8.96. The van der Waals surface area contributed by atoms with Crippen molar-refractivity contribution < 1.29 is 10.2 Å². The van der Waals surface area contributed by atoms with Crippen molar-refractivity contribution in [3.05, 3.63) is 0 Å². The normalized spacial score (nSPS) is 23.1. The molecule has 0 aromatic heterocycles. The number of aliphatic hydroxyl groups excluding tert-OH is 2. The third kappa shape index (κ3) is 2.42. The van der Waals surface area contributed by atoms with Crippen LogP contribution in [0.15, 0.2) is 0 Å². The molecule has 0 heterocycles. The smallest absolute Gasteiger partial charge is 0.0607 e. The highest BCUT2D eigenvalue weighted by Crippen LogP contribution is 2.44. The zero-order valence-electron chi connectivity index (χ0n) is 7.95. The van der Waals surface area contributed by atoms with Gasteiger partial charge in [0, 0.05) is 6.04 Å². The fourth-order valence-corrected chi connectivity index (χ4v) is 2.00. The van der Waals surface area contributed by atoms with E-state index in [9.17, 15) is 0 Å². The van der Waals surface area contributed by atoms with E-state index in [2.05, 4.69) is 5.32 Å². The Balaban J connectivity index is 1.80. The van der Waals surface area contributed by atoms with Crippen molar-refractivity contribution in [2.45, 2.75) is 37.8 Å². The van der Waals surface area contributed by atoms with Crippen LogP contribution >= 0.6 is 0 Å². The Labute approximate surface area is 79.2 Å². The molecule has 3 nitrogen and oxygen atoms in total. The second-order valence-electron chi connectivity index (χ2n) is 4.43. The van der Waals surface area contributed by atoms with Gasteiger partial charge in [0.25, 0.3) is 0 Å². The van der Waals surface area contributed by atoms with Crippen LogP contribution in [-0.4, -0.2) is 35.5 Å². The Morgan fingerprint density at radius 2 is 1.46 bits per heavy atom. The summed E-state index contributed by atoms with van der Waals surface area (Å²) in [5.41, 5.74) is 0. The van der Waals surface area contributed by atoms with Crippen LogP contribution in [0.1, 0.15) is 25.7 Å². The van der Waals surface area contributed by atoms with Crippen LogP contribution in [0.4, 0.5) is 0 Å². The summed E-state index contributed by atoms with van der Waals surface area (Å²) < 4.78 is 0. The van der Waals surface area contributed by atoms with Gasteiger partial charge < -0.3 is 15.5 Å². The molecule has 2 aliphatic carbocycles. The van der Waals surface area contributed by atoms with Crippen LogP contribution in [0.25, 0.3) is 0 Å². The summed E-state index contributed by atoms with van der Waals surface area (Å²) in [6.45, 7) is 0.0961. The topological polar surface area (TPSA) is 52.5 Å². The lowest BCUT2D eigenvalue weighted by molar-refractivity contribution is 0.155. The van der Waals surface area contributed by atoms with Crippen molar-refractivity contribution in [1.82, 2.24) is 5.32 Å². The summed E-state index contributed by atoms with van der Waals surface area (Å²) in [6.07, 6.45) is 5.32. The SMILES string of the molecule is OCC(CO)NC(C1CC1)C1CC1. The lowest BCUT2D eigenvalue weighted by atomic mass is 10.1. The fraction of sp³-hybridized carbons (Fsp3) is 1.00. The molecule has 2 fully saturated rings. The average molecular weight is 185 g/mol. The van der Waals surface area contributed by atoms with E-state index in [0.717, 1.165) is 11.8 Å². The molecule has 3 heteroatoms. The number of hydrogen-bond acceptors (Lipinski definition) is 3. The summed E-state index contributed by atoms with van der Waals surface area (Å²) in [5, 5.41) is 21.3. The van der Waals surface area contributed by atoms with Gasteiger partial charge in [0.15, 0.2) is 0 Å². The second-order valence-corrected chi connectivity index (χ2v) is 4.43. The van der Waals surface area contributed by atoms with Crippen molar-refractivity contribution in [2.24, 2.45) is 11.8 Å². The standard InChI is InChI=1S/C10H19NO2/c12-5-9(6-13)11-10(7-1-2-7)8-3-4-8/h7-13H,1-6H2. The Hall–Kier alpha value is -0.120. The van der Waals surface area contributed by atoms with E-state index in [4.69, 9.17) is 10.2 Å². The highest BCUT2D eigenvalue weighted by molar-refractivity contribution is 4.97. The van der Waals surface area contributed by atoms with Gasteiger partial charge in [-0.1, -0.05) is 0 Å². The van der Waals surface area contributed by atoms with E-state index < -0.39 is 0 Å². The van der Waals surface area contributed by atoms with Crippen LogP contribution in [0.5, 0.6) is 0 Å². The Morgan fingerprint density at radius 1 is 1.00 bits per heavy atom. The highest BCUT2D eigenvalue weighted by atomic mass is 16.3. The van der Waals surface area contributed by atoms with Gasteiger partial charge in [0.2, 0.25) is 0 Å². The lowest BCUT2D eigenvalue weighted by Gasteiger charge is -2.22. The number of nitrogens with one attached hydrogen (secondary N) is 1. The number of hydrogen-bond donors (Lipinski definition) is 3. The molecule has 0 aliphatic heterocycles. The molecule has 2 rings (SSSR count). The minimum absolute atomic E-state index is 0.0481. The van der Waals surface area contributed by atoms with Gasteiger partial charge in [0.05, 0.1) is 19.3 Å². The van der Waals surface area contributed by atoms with E-state index in [1.165, 1.54) is 25.7 Å². The molecule has 0 bridgehead atoms. The molecule has 0 saturated heterocycles. The Bertz CT molecular complexity index is 150. The summed E-state index contributed by atoms with van der Waals surface area (Å²) in [4.78, 5) is 0. The second kappa shape index (κ2) is 3.95. The van der Waals surface area contributed by atoms with Crippen molar-refractivity contribution in [3.8, 4) is 0 Å². The molecule has 0 amide bonds. The van der Waals surface area contributed by atoms with E-state index in [1.807, 2.05) is 0 Å². The largest absolute Gasteiger partial charge is 0.395 e.